The second kappa shape index (κ2) is 9.14. The van der Waals surface area contributed by atoms with Crippen molar-refractivity contribution in [3.8, 4) is 5.75 Å². The number of benzene rings is 3. The van der Waals surface area contributed by atoms with Crippen molar-refractivity contribution >= 4 is 34.4 Å². The SMILES string of the molecule is O=C(C=Cc1cccc2ccccc12)NNC(=O)COc1ccc([N+](=O)[O-])cc1. The van der Waals surface area contributed by atoms with Gasteiger partial charge in [-0.05, 0) is 34.5 Å². The lowest BCUT2D eigenvalue weighted by atomic mass is 10.0. The van der Waals surface area contributed by atoms with E-state index in [4.69, 9.17) is 4.74 Å². The molecule has 8 nitrogen and oxygen atoms in total. The highest BCUT2D eigenvalue weighted by molar-refractivity contribution is 5.97. The van der Waals surface area contributed by atoms with Gasteiger partial charge in [-0.3, -0.25) is 30.6 Å². The lowest BCUT2D eigenvalue weighted by Crippen LogP contribution is -2.43. The molecule has 0 spiro atoms. The molecule has 0 aliphatic rings. The molecule has 0 atom stereocenters. The van der Waals surface area contributed by atoms with Crippen LogP contribution in [0.2, 0.25) is 0 Å². The van der Waals surface area contributed by atoms with Crippen LogP contribution in [0.3, 0.4) is 0 Å². The van der Waals surface area contributed by atoms with Crippen molar-refractivity contribution < 1.29 is 19.2 Å². The number of hydrogen-bond donors (Lipinski definition) is 2. The van der Waals surface area contributed by atoms with Crippen molar-refractivity contribution in [2.24, 2.45) is 0 Å². The lowest BCUT2D eigenvalue weighted by molar-refractivity contribution is -0.384. The molecule has 29 heavy (non-hydrogen) atoms. The molecule has 8 heteroatoms. The van der Waals surface area contributed by atoms with E-state index in [1.54, 1.807) is 6.08 Å². The Bertz CT molecular complexity index is 1070. The van der Waals surface area contributed by atoms with Crippen LogP contribution in [0.1, 0.15) is 5.56 Å². The number of nitro benzene ring substituents is 1. The summed E-state index contributed by atoms with van der Waals surface area (Å²) >= 11 is 0. The second-order valence-corrected chi connectivity index (χ2v) is 5.98. The van der Waals surface area contributed by atoms with Crippen LogP contribution in [0.5, 0.6) is 5.75 Å². The van der Waals surface area contributed by atoms with Gasteiger partial charge in [0.05, 0.1) is 4.92 Å². The second-order valence-electron chi connectivity index (χ2n) is 5.98. The highest BCUT2D eigenvalue weighted by Crippen LogP contribution is 2.19. The number of rotatable bonds is 6. The molecule has 0 unspecified atom stereocenters. The van der Waals surface area contributed by atoms with E-state index in [2.05, 4.69) is 10.9 Å². The number of hydrazine groups is 1. The third-order valence-electron chi connectivity index (χ3n) is 3.98. The Hall–Kier alpha value is -4.20. The van der Waals surface area contributed by atoms with Crippen molar-refractivity contribution in [3.05, 3.63) is 88.5 Å². The van der Waals surface area contributed by atoms with Gasteiger partial charge in [0.15, 0.2) is 6.61 Å². The average Bonchev–Trinajstić information content (AvgIpc) is 2.75. The van der Waals surface area contributed by atoms with Gasteiger partial charge < -0.3 is 4.74 Å². The maximum atomic E-state index is 11.9. The summed E-state index contributed by atoms with van der Waals surface area (Å²) in [6, 6.07) is 18.9. The maximum absolute atomic E-state index is 11.9. The molecule has 0 radical (unpaired) electrons. The predicted octanol–water partition coefficient (Wildman–Crippen LogP) is 2.99. The molecule has 0 bridgehead atoms. The van der Waals surface area contributed by atoms with Gasteiger partial charge in [0.25, 0.3) is 17.5 Å². The Morgan fingerprint density at radius 2 is 1.69 bits per heavy atom. The number of nitrogens with zero attached hydrogens (tertiary/aromatic N) is 1. The summed E-state index contributed by atoms with van der Waals surface area (Å²) in [5.74, 6) is -0.773. The van der Waals surface area contributed by atoms with Gasteiger partial charge in [-0.15, -0.1) is 0 Å². The topological polar surface area (TPSA) is 111 Å². The van der Waals surface area contributed by atoms with Crippen LogP contribution < -0.4 is 15.6 Å². The molecule has 2 N–H and O–H groups in total. The minimum atomic E-state index is -0.574. The molecule has 0 saturated heterocycles. The first kappa shape index (κ1) is 19.6. The monoisotopic (exact) mass is 391 g/mol. The summed E-state index contributed by atoms with van der Waals surface area (Å²) in [4.78, 5) is 33.7. The van der Waals surface area contributed by atoms with Crippen LogP contribution in [0.15, 0.2) is 72.8 Å². The molecule has 0 aliphatic heterocycles. The third-order valence-corrected chi connectivity index (χ3v) is 3.98. The number of non-ortho nitro benzene ring substituents is 1. The molecular formula is C21H17N3O5. The van der Waals surface area contributed by atoms with Crippen LogP contribution in [-0.2, 0) is 9.59 Å². The highest BCUT2D eigenvalue weighted by Gasteiger charge is 2.07. The van der Waals surface area contributed by atoms with Crippen LogP contribution in [-0.4, -0.2) is 23.3 Å². The fourth-order valence-electron chi connectivity index (χ4n) is 2.58. The summed E-state index contributed by atoms with van der Waals surface area (Å²) in [6.45, 7) is -0.356. The van der Waals surface area contributed by atoms with Crippen LogP contribution in [0.25, 0.3) is 16.8 Å². The fraction of sp³-hybridized carbons (Fsp3) is 0.0476. The van der Waals surface area contributed by atoms with E-state index < -0.39 is 16.7 Å². The zero-order chi connectivity index (χ0) is 20.6. The van der Waals surface area contributed by atoms with E-state index in [-0.39, 0.29) is 12.3 Å². The zero-order valence-electron chi connectivity index (χ0n) is 15.2. The molecule has 0 saturated carbocycles. The molecule has 0 aliphatic carbocycles. The van der Waals surface area contributed by atoms with E-state index in [9.17, 15) is 19.7 Å². The van der Waals surface area contributed by atoms with Gasteiger partial charge in [-0.25, -0.2) is 0 Å². The molecule has 2 amide bonds. The summed E-state index contributed by atoms with van der Waals surface area (Å²) in [5, 5.41) is 12.7. The lowest BCUT2D eigenvalue weighted by Gasteiger charge is -2.07. The summed E-state index contributed by atoms with van der Waals surface area (Å²) in [5.41, 5.74) is 5.30. The van der Waals surface area contributed by atoms with Crippen LogP contribution in [0.4, 0.5) is 5.69 Å². The third kappa shape index (κ3) is 5.39. The van der Waals surface area contributed by atoms with Crippen LogP contribution in [0, 0.1) is 10.1 Å². The van der Waals surface area contributed by atoms with E-state index in [1.165, 1.54) is 30.3 Å². The smallest absolute Gasteiger partial charge is 0.276 e. The Morgan fingerprint density at radius 3 is 2.45 bits per heavy atom. The molecule has 146 valence electrons. The molecule has 3 aromatic carbocycles. The van der Waals surface area contributed by atoms with E-state index in [0.29, 0.717) is 5.75 Å². The fourth-order valence-corrected chi connectivity index (χ4v) is 2.58. The Labute approximate surface area is 165 Å². The Balaban J connectivity index is 1.48. The first-order valence-corrected chi connectivity index (χ1v) is 8.65. The van der Waals surface area contributed by atoms with Gasteiger partial charge in [-0.2, -0.15) is 0 Å². The quantitative estimate of drug-likeness (QED) is 0.381. The van der Waals surface area contributed by atoms with Crippen LogP contribution >= 0.6 is 0 Å². The average molecular weight is 391 g/mol. The van der Waals surface area contributed by atoms with Gasteiger partial charge in [-0.1, -0.05) is 42.5 Å². The number of ether oxygens (including phenoxy) is 1. The molecule has 0 aromatic heterocycles. The number of amides is 2. The molecule has 3 aromatic rings. The van der Waals surface area contributed by atoms with Crippen molar-refractivity contribution in [1.82, 2.24) is 10.9 Å². The molecule has 3 rings (SSSR count). The number of hydrogen-bond acceptors (Lipinski definition) is 5. The normalized spacial score (nSPS) is 10.6. The number of nitrogens with one attached hydrogen (secondary N) is 2. The largest absolute Gasteiger partial charge is 0.484 e. The minimum absolute atomic E-state index is 0.0768. The Kier molecular flexibility index (Phi) is 6.16. The minimum Gasteiger partial charge on any atom is -0.484 e. The van der Waals surface area contributed by atoms with Gasteiger partial charge in [0.2, 0.25) is 0 Å². The summed E-state index contributed by atoms with van der Waals surface area (Å²) in [7, 11) is 0. The summed E-state index contributed by atoms with van der Waals surface area (Å²) < 4.78 is 5.21. The molecule has 0 heterocycles. The van der Waals surface area contributed by atoms with Crippen molar-refractivity contribution in [2.75, 3.05) is 6.61 Å². The van der Waals surface area contributed by atoms with E-state index >= 15 is 0 Å². The van der Waals surface area contributed by atoms with Crippen molar-refractivity contribution in [2.45, 2.75) is 0 Å². The maximum Gasteiger partial charge on any atom is 0.276 e. The molecular weight excluding hydrogens is 374 g/mol. The van der Waals surface area contributed by atoms with Gasteiger partial charge in [0, 0.05) is 18.2 Å². The van der Waals surface area contributed by atoms with Gasteiger partial charge in [0.1, 0.15) is 5.75 Å². The van der Waals surface area contributed by atoms with E-state index in [0.717, 1.165) is 16.3 Å². The van der Waals surface area contributed by atoms with Crippen molar-refractivity contribution in [3.63, 3.8) is 0 Å². The number of carbonyl (C=O) groups excluding carboxylic acids is 2. The number of carbonyl (C=O) groups is 2. The zero-order valence-corrected chi connectivity index (χ0v) is 15.2. The standard InChI is InChI=1S/C21H17N3O5/c25-20(13-8-16-6-3-5-15-4-1-2-7-19(15)16)22-23-21(26)14-29-18-11-9-17(10-12-18)24(27)28/h1-13H,14H2,(H,22,25)(H,23,26). The molecule has 0 fully saturated rings. The number of nitro groups is 1. The number of fused-ring (bicyclic) bond motifs is 1. The predicted molar refractivity (Wildman–Crippen MR) is 108 cm³/mol. The first-order chi connectivity index (χ1) is 14.0. The highest BCUT2D eigenvalue weighted by atomic mass is 16.6. The Morgan fingerprint density at radius 1 is 0.966 bits per heavy atom. The summed E-state index contributed by atoms with van der Waals surface area (Å²) in [6.07, 6.45) is 2.98. The first-order valence-electron chi connectivity index (χ1n) is 8.65. The van der Waals surface area contributed by atoms with Gasteiger partial charge >= 0.3 is 0 Å². The van der Waals surface area contributed by atoms with Crippen molar-refractivity contribution in [1.29, 1.82) is 0 Å². The van der Waals surface area contributed by atoms with E-state index in [1.807, 2.05) is 42.5 Å².